The van der Waals surface area contributed by atoms with Gasteiger partial charge in [-0.3, -0.25) is 18.6 Å². The van der Waals surface area contributed by atoms with Gasteiger partial charge in [-0.25, -0.2) is 4.57 Å². The predicted molar refractivity (Wildman–Crippen MR) is 267 cm³/mol. The molecule has 13 nitrogen and oxygen atoms in total. The SMILES string of the molecule is CCC=CCC=CCC=CCCCCCCCC(=O)OC(COC(=O)CCCC=CCCC=CCCCCCCCCCCCCCCCC)COP(=O)(O)OC1C(O)C(O)C(O)C(O)C1O. The Kier molecular flexibility index (Phi) is 39.6. The summed E-state index contributed by atoms with van der Waals surface area (Å²) in [6.45, 7) is 3.16. The fourth-order valence-corrected chi connectivity index (χ4v) is 8.65. The van der Waals surface area contributed by atoms with Gasteiger partial charge in [0.2, 0.25) is 0 Å². The Morgan fingerprint density at radius 2 is 0.881 bits per heavy atom. The first kappa shape index (κ1) is 62.6. The van der Waals surface area contributed by atoms with E-state index in [2.05, 4.69) is 68.5 Å². The van der Waals surface area contributed by atoms with Crippen molar-refractivity contribution in [1.29, 1.82) is 0 Å². The summed E-state index contributed by atoms with van der Waals surface area (Å²) in [4.78, 5) is 35.8. The third-order valence-electron chi connectivity index (χ3n) is 11.8. The molecule has 0 aliphatic heterocycles. The molecular formula is C53H93O13P. The number of phosphoric acid groups is 1. The van der Waals surface area contributed by atoms with Crippen LogP contribution >= 0.6 is 7.82 Å². The first-order valence-corrected chi connectivity index (χ1v) is 27.6. The molecule has 388 valence electrons. The van der Waals surface area contributed by atoms with E-state index in [-0.39, 0.29) is 12.8 Å². The van der Waals surface area contributed by atoms with Gasteiger partial charge in [-0.05, 0) is 77.0 Å². The minimum Gasteiger partial charge on any atom is -0.462 e. The zero-order chi connectivity index (χ0) is 49.2. The zero-order valence-corrected chi connectivity index (χ0v) is 42.3. The van der Waals surface area contributed by atoms with Crippen molar-refractivity contribution in [2.45, 2.75) is 249 Å². The molecule has 67 heavy (non-hydrogen) atoms. The van der Waals surface area contributed by atoms with Gasteiger partial charge in [0, 0.05) is 12.8 Å². The molecule has 0 saturated heterocycles. The lowest BCUT2D eigenvalue weighted by atomic mass is 9.85. The minimum absolute atomic E-state index is 0.0671. The molecule has 0 bridgehead atoms. The van der Waals surface area contributed by atoms with Gasteiger partial charge in [-0.1, -0.05) is 177 Å². The van der Waals surface area contributed by atoms with Crippen molar-refractivity contribution in [2.24, 2.45) is 0 Å². The first-order chi connectivity index (χ1) is 32.4. The Morgan fingerprint density at radius 1 is 0.478 bits per heavy atom. The van der Waals surface area contributed by atoms with Gasteiger partial charge in [0.25, 0.3) is 0 Å². The summed E-state index contributed by atoms with van der Waals surface area (Å²) in [5.41, 5.74) is 0. The van der Waals surface area contributed by atoms with Crippen LogP contribution < -0.4 is 0 Å². The monoisotopic (exact) mass is 969 g/mol. The maximum Gasteiger partial charge on any atom is 0.472 e. The molecule has 6 unspecified atom stereocenters. The maximum absolute atomic E-state index is 12.8. The number of unbranched alkanes of at least 4 members (excludes halogenated alkanes) is 21. The molecular weight excluding hydrogens is 876 g/mol. The number of allylic oxidation sites excluding steroid dienone is 10. The standard InChI is InChI=1S/C53H93O13P/c1-3-5-7-9-11-13-15-17-19-20-21-22-23-24-25-26-28-29-31-33-35-37-39-41-46(54)63-43-45(44-64-67(61,62)66-53-51(59)49(57)48(56)50(58)52(53)60)65-47(55)42-40-38-36-34-32-30-27-18-16-14-12-10-8-6-4-2/h6,8,12,14,18,26-28,33,35,45,48-53,56-60H,3-5,7,9-11,13,15-17,19-25,29-32,34,36-44H2,1-2H3,(H,61,62). The summed E-state index contributed by atoms with van der Waals surface area (Å²) in [6, 6.07) is 0. The summed E-state index contributed by atoms with van der Waals surface area (Å²) < 4.78 is 33.6. The lowest BCUT2D eigenvalue weighted by Gasteiger charge is -2.41. The first-order valence-electron chi connectivity index (χ1n) is 26.1. The summed E-state index contributed by atoms with van der Waals surface area (Å²) in [5.74, 6) is -1.17. The molecule has 0 aromatic rings. The number of ether oxygens (including phenoxy) is 2. The van der Waals surface area contributed by atoms with Crippen molar-refractivity contribution in [1.82, 2.24) is 0 Å². The number of rotatable bonds is 43. The van der Waals surface area contributed by atoms with E-state index in [1.54, 1.807) is 0 Å². The molecule has 14 heteroatoms. The second-order valence-corrected chi connectivity index (χ2v) is 19.4. The van der Waals surface area contributed by atoms with Crippen molar-refractivity contribution < 1.29 is 63.1 Å². The largest absolute Gasteiger partial charge is 0.472 e. The van der Waals surface area contributed by atoms with E-state index in [9.17, 15) is 44.6 Å². The Hall–Kier alpha value is -2.45. The van der Waals surface area contributed by atoms with Gasteiger partial charge in [0.1, 0.15) is 43.2 Å². The van der Waals surface area contributed by atoms with Crippen molar-refractivity contribution in [2.75, 3.05) is 13.2 Å². The maximum atomic E-state index is 12.8. The third-order valence-corrected chi connectivity index (χ3v) is 12.8. The molecule has 6 N–H and O–H groups in total. The Labute approximate surface area is 404 Å². The number of carbonyl (C=O) groups is 2. The zero-order valence-electron chi connectivity index (χ0n) is 41.4. The van der Waals surface area contributed by atoms with Crippen LogP contribution in [0.15, 0.2) is 60.8 Å². The van der Waals surface area contributed by atoms with Gasteiger partial charge in [0.15, 0.2) is 6.10 Å². The highest BCUT2D eigenvalue weighted by Gasteiger charge is 2.51. The van der Waals surface area contributed by atoms with E-state index in [0.717, 1.165) is 70.6 Å². The smallest absolute Gasteiger partial charge is 0.462 e. The molecule has 0 heterocycles. The van der Waals surface area contributed by atoms with E-state index >= 15 is 0 Å². The second kappa shape index (κ2) is 42.4. The average Bonchev–Trinajstić information content (AvgIpc) is 3.31. The van der Waals surface area contributed by atoms with Crippen molar-refractivity contribution >= 4 is 19.8 Å². The molecule has 0 radical (unpaired) electrons. The molecule has 1 aliphatic rings. The predicted octanol–water partition coefficient (Wildman–Crippen LogP) is 11.3. The van der Waals surface area contributed by atoms with Crippen LogP contribution in [0.4, 0.5) is 0 Å². The van der Waals surface area contributed by atoms with E-state index in [1.165, 1.54) is 89.9 Å². The number of aliphatic hydroxyl groups is 5. The minimum atomic E-state index is -5.14. The quantitative estimate of drug-likeness (QED) is 0.0146. The van der Waals surface area contributed by atoms with E-state index < -0.39 is 75.7 Å². The highest BCUT2D eigenvalue weighted by molar-refractivity contribution is 7.47. The lowest BCUT2D eigenvalue weighted by molar-refractivity contribution is -0.220. The van der Waals surface area contributed by atoms with Gasteiger partial charge in [-0.2, -0.15) is 0 Å². The average molecular weight is 969 g/mol. The van der Waals surface area contributed by atoms with Crippen LogP contribution in [0.1, 0.15) is 206 Å². The van der Waals surface area contributed by atoms with E-state index in [1.807, 2.05) is 6.08 Å². The van der Waals surface area contributed by atoms with Crippen LogP contribution in [0.3, 0.4) is 0 Å². The molecule has 0 aromatic carbocycles. The highest BCUT2D eigenvalue weighted by atomic mass is 31.2. The van der Waals surface area contributed by atoms with Gasteiger partial charge in [0.05, 0.1) is 6.61 Å². The molecule has 0 spiro atoms. The molecule has 1 saturated carbocycles. The van der Waals surface area contributed by atoms with Crippen LogP contribution in [-0.2, 0) is 32.7 Å². The van der Waals surface area contributed by atoms with Crippen LogP contribution in [0.2, 0.25) is 0 Å². The summed E-state index contributed by atoms with van der Waals surface area (Å²) >= 11 is 0. The van der Waals surface area contributed by atoms with E-state index in [4.69, 9.17) is 18.5 Å². The van der Waals surface area contributed by atoms with Crippen LogP contribution in [0.5, 0.6) is 0 Å². The van der Waals surface area contributed by atoms with Gasteiger partial charge in [-0.15, -0.1) is 0 Å². The Morgan fingerprint density at radius 3 is 1.40 bits per heavy atom. The number of hydrogen-bond acceptors (Lipinski definition) is 12. The molecule has 6 atom stereocenters. The topological polar surface area (TPSA) is 210 Å². The number of carbonyl (C=O) groups excluding carboxylic acids is 2. The molecule has 0 amide bonds. The fourth-order valence-electron chi connectivity index (χ4n) is 7.68. The Bertz CT molecular complexity index is 1400. The number of phosphoric ester groups is 1. The lowest BCUT2D eigenvalue weighted by Crippen LogP contribution is -2.64. The normalized spacial score (nSPS) is 21.6. The third kappa shape index (κ3) is 34.5. The van der Waals surface area contributed by atoms with Crippen molar-refractivity contribution in [3.8, 4) is 0 Å². The van der Waals surface area contributed by atoms with Crippen LogP contribution in [0.25, 0.3) is 0 Å². The summed E-state index contributed by atoms with van der Waals surface area (Å²) in [7, 11) is -5.14. The molecule has 0 aromatic heterocycles. The number of aliphatic hydroxyl groups excluding tert-OH is 5. The molecule has 1 fully saturated rings. The van der Waals surface area contributed by atoms with Gasteiger partial charge < -0.3 is 39.9 Å². The van der Waals surface area contributed by atoms with Crippen molar-refractivity contribution in [3.63, 3.8) is 0 Å². The Balaban J connectivity index is 2.40. The van der Waals surface area contributed by atoms with Gasteiger partial charge >= 0.3 is 19.8 Å². The van der Waals surface area contributed by atoms with Crippen LogP contribution in [-0.4, -0.2) is 98.3 Å². The van der Waals surface area contributed by atoms with Crippen molar-refractivity contribution in [3.05, 3.63) is 60.8 Å². The molecule has 1 rings (SSSR count). The second-order valence-electron chi connectivity index (χ2n) is 18.0. The van der Waals surface area contributed by atoms with E-state index in [0.29, 0.717) is 19.3 Å². The van der Waals surface area contributed by atoms with Crippen LogP contribution in [0, 0.1) is 0 Å². The number of hydrogen-bond donors (Lipinski definition) is 6. The summed E-state index contributed by atoms with van der Waals surface area (Å²) in [6.07, 6.45) is 40.0. The fraction of sp³-hybridized carbons (Fsp3) is 0.774. The number of esters is 2. The summed E-state index contributed by atoms with van der Waals surface area (Å²) in [5, 5.41) is 50.2. The molecule has 1 aliphatic carbocycles. The highest BCUT2D eigenvalue weighted by Crippen LogP contribution is 2.47.